The molecule has 0 aliphatic carbocycles. The summed E-state index contributed by atoms with van der Waals surface area (Å²) in [6.45, 7) is 0. The lowest BCUT2D eigenvalue weighted by atomic mass is 10.3. The maximum Gasteiger partial charge on any atom is 0.340 e. The first-order chi connectivity index (χ1) is 9.65. The molecule has 0 unspecified atom stereocenters. The van der Waals surface area contributed by atoms with Gasteiger partial charge in [0.25, 0.3) is 5.24 Å². The van der Waals surface area contributed by atoms with E-state index in [4.69, 9.17) is 23.2 Å². The largest absolute Gasteiger partial charge is 0.446 e. The van der Waals surface area contributed by atoms with Crippen molar-refractivity contribution < 1.29 is 14.3 Å². The molecule has 2 heterocycles. The van der Waals surface area contributed by atoms with Crippen molar-refractivity contribution in [1.29, 1.82) is 0 Å². The monoisotopic (exact) mass is 312 g/mol. The smallest absolute Gasteiger partial charge is 0.340 e. The SMILES string of the molecule is O=C(Cl)c1cccnc1.O=C(OCCl)c1cccnc1. The lowest BCUT2D eigenvalue weighted by Crippen LogP contribution is -2.03. The molecular weight excluding hydrogens is 303 g/mol. The first kappa shape index (κ1) is 16.1. The second kappa shape index (κ2) is 9.01. The van der Waals surface area contributed by atoms with Crippen LogP contribution in [0.1, 0.15) is 20.7 Å². The van der Waals surface area contributed by atoms with Crippen LogP contribution in [-0.2, 0) is 4.74 Å². The zero-order valence-corrected chi connectivity index (χ0v) is 11.7. The van der Waals surface area contributed by atoms with Crippen molar-refractivity contribution in [1.82, 2.24) is 9.97 Å². The third kappa shape index (κ3) is 5.77. The van der Waals surface area contributed by atoms with Gasteiger partial charge >= 0.3 is 5.97 Å². The van der Waals surface area contributed by atoms with Gasteiger partial charge in [0.05, 0.1) is 11.1 Å². The predicted octanol–water partition coefficient (Wildman–Crippen LogP) is 2.90. The van der Waals surface area contributed by atoms with E-state index in [-0.39, 0.29) is 6.07 Å². The maximum atomic E-state index is 10.9. The molecule has 0 spiro atoms. The van der Waals surface area contributed by atoms with Gasteiger partial charge in [-0.05, 0) is 35.9 Å². The highest BCUT2D eigenvalue weighted by Gasteiger charge is 2.04. The van der Waals surface area contributed by atoms with Gasteiger partial charge in [0.1, 0.15) is 0 Å². The molecule has 0 aliphatic rings. The van der Waals surface area contributed by atoms with Crippen LogP contribution in [0.3, 0.4) is 0 Å². The summed E-state index contributed by atoms with van der Waals surface area (Å²) in [7, 11) is 0. The van der Waals surface area contributed by atoms with Crippen LogP contribution in [0.25, 0.3) is 0 Å². The standard InChI is InChI=1S/C7H6ClNO2.C6H4ClNO/c8-5-11-7(10)6-2-1-3-9-4-6;7-6(9)5-2-1-3-8-4-5/h1-4H,5H2;1-4H. The predicted molar refractivity (Wildman–Crippen MR) is 74.8 cm³/mol. The van der Waals surface area contributed by atoms with Crippen LogP contribution in [0, 0.1) is 0 Å². The molecule has 0 bridgehead atoms. The van der Waals surface area contributed by atoms with Crippen LogP contribution < -0.4 is 0 Å². The highest BCUT2D eigenvalue weighted by atomic mass is 35.5. The van der Waals surface area contributed by atoms with Gasteiger partial charge in [0, 0.05) is 24.8 Å². The summed E-state index contributed by atoms with van der Waals surface area (Å²) in [4.78, 5) is 28.7. The Morgan fingerprint density at radius 2 is 1.60 bits per heavy atom. The summed E-state index contributed by atoms with van der Waals surface area (Å²) >= 11 is 10.3. The molecule has 0 radical (unpaired) electrons. The zero-order valence-electron chi connectivity index (χ0n) is 10.2. The molecule has 0 aliphatic heterocycles. The summed E-state index contributed by atoms with van der Waals surface area (Å²) in [5.41, 5.74) is 0.840. The van der Waals surface area contributed by atoms with E-state index in [0.717, 1.165) is 0 Å². The molecule has 0 atom stereocenters. The van der Waals surface area contributed by atoms with Crippen molar-refractivity contribution in [3.8, 4) is 0 Å². The number of aromatic nitrogens is 2. The van der Waals surface area contributed by atoms with Gasteiger partial charge in [-0.1, -0.05) is 11.6 Å². The Labute approximate surface area is 125 Å². The molecule has 0 saturated heterocycles. The van der Waals surface area contributed by atoms with Crippen LogP contribution >= 0.6 is 23.2 Å². The van der Waals surface area contributed by atoms with E-state index in [1.54, 1.807) is 36.7 Å². The Morgan fingerprint density at radius 3 is 1.95 bits per heavy atom. The molecule has 0 fully saturated rings. The maximum absolute atomic E-state index is 10.9. The van der Waals surface area contributed by atoms with Crippen molar-refractivity contribution in [2.45, 2.75) is 0 Å². The van der Waals surface area contributed by atoms with E-state index in [1.807, 2.05) is 0 Å². The molecule has 5 nitrogen and oxygen atoms in total. The van der Waals surface area contributed by atoms with E-state index in [0.29, 0.717) is 11.1 Å². The molecule has 0 aromatic carbocycles. The number of rotatable bonds is 3. The second-order valence-electron chi connectivity index (χ2n) is 3.30. The minimum absolute atomic E-state index is 0.131. The average molecular weight is 313 g/mol. The Hall–Kier alpha value is -1.98. The third-order valence-electron chi connectivity index (χ3n) is 1.97. The van der Waals surface area contributed by atoms with Crippen LogP contribution in [0.4, 0.5) is 0 Å². The van der Waals surface area contributed by atoms with Gasteiger partial charge in [-0.3, -0.25) is 14.8 Å². The van der Waals surface area contributed by atoms with E-state index < -0.39 is 11.2 Å². The van der Waals surface area contributed by atoms with Gasteiger partial charge in [-0.15, -0.1) is 0 Å². The number of hydrogen-bond acceptors (Lipinski definition) is 5. The Morgan fingerprint density at radius 1 is 1.05 bits per heavy atom. The van der Waals surface area contributed by atoms with Gasteiger partial charge in [-0.2, -0.15) is 0 Å². The van der Waals surface area contributed by atoms with Crippen molar-refractivity contribution in [3.63, 3.8) is 0 Å². The minimum Gasteiger partial charge on any atom is -0.446 e. The summed E-state index contributed by atoms with van der Waals surface area (Å²) in [5, 5.41) is -0.469. The fourth-order valence-electron chi connectivity index (χ4n) is 1.10. The molecule has 0 amide bonds. The van der Waals surface area contributed by atoms with Crippen molar-refractivity contribution in [2.24, 2.45) is 0 Å². The van der Waals surface area contributed by atoms with Gasteiger partial charge < -0.3 is 4.74 Å². The summed E-state index contributed by atoms with van der Waals surface area (Å²) in [6, 6.07) is 6.42. The second-order valence-corrected chi connectivity index (χ2v) is 3.86. The molecule has 2 aromatic rings. The highest BCUT2D eigenvalue weighted by molar-refractivity contribution is 6.67. The van der Waals surface area contributed by atoms with E-state index >= 15 is 0 Å². The highest BCUT2D eigenvalue weighted by Crippen LogP contribution is 1.99. The summed E-state index contributed by atoms with van der Waals surface area (Å²) in [5.74, 6) is -0.451. The Balaban J connectivity index is 0.000000204. The number of ether oxygens (including phenoxy) is 1. The Bertz CT molecular complexity index is 550. The number of pyridine rings is 2. The molecule has 20 heavy (non-hydrogen) atoms. The quantitative estimate of drug-likeness (QED) is 0.495. The first-order valence-corrected chi connectivity index (χ1v) is 6.29. The zero-order chi connectivity index (χ0) is 14.8. The van der Waals surface area contributed by atoms with E-state index in [1.165, 1.54) is 12.4 Å². The number of carbonyl (C=O) groups is 2. The van der Waals surface area contributed by atoms with Crippen molar-refractivity contribution >= 4 is 34.4 Å². The number of alkyl halides is 1. The van der Waals surface area contributed by atoms with E-state index in [9.17, 15) is 9.59 Å². The topological polar surface area (TPSA) is 69.2 Å². The lowest BCUT2D eigenvalue weighted by Gasteiger charge is -1.97. The Kier molecular flexibility index (Phi) is 7.24. The van der Waals surface area contributed by atoms with Crippen molar-refractivity contribution in [2.75, 3.05) is 6.07 Å². The number of esters is 1. The number of nitrogens with zero attached hydrogens (tertiary/aromatic N) is 2. The molecule has 0 saturated carbocycles. The molecule has 104 valence electrons. The number of carbonyl (C=O) groups excluding carboxylic acids is 2. The van der Waals surface area contributed by atoms with Gasteiger partial charge in [0.15, 0.2) is 6.07 Å². The molecule has 0 N–H and O–H groups in total. The third-order valence-corrected chi connectivity index (χ3v) is 2.30. The fraction of sp³-hybridized carbons (Fsp3) is 0.0769. The van der Waals surface area contributed by atoms with Crippen LogP contribution in [0.15, 0.2) is 49.1 Å². The van der Waals surface area contributed by atoms with Crippen molar-refractivity contribution in [3.05, 3.63) is 60.2 Å². The van der Waals surface area contributed by atoms with E-state index in [2.05, 4.69) is 14.7 Å². The van der Waals surface area contributed by atoms with Gasteiger partial charge in [-0.25, -0.2) is 4.79 Å². The molecule has 2 rings (SSSR count). The summed E-state index contributed by atoms with van der Waals surface area (Å²) < 4.78 is 4.51. The molecule has 2 aromatic heterocycles. The lowest BCUT2D eigenvalue weighted by molar-refractivity contribution is 0.0573. The minimum atomic E-state index is -0.469. The average Bonchev–Trinajstić information content (AvgIpc) is 2.50. The fourth-order valence-corrected chi connectivity index (χ4v) is 1.31. The van der Waals surface area contributed by atoms with Crippen LogP contribution in [-0.4, -0.2) is 27.2 Å². The first-order valence-electron chi connectivity index (χ1n) is 5.38. The summed E-state index contributed by atoms with van der Waals surface area (Å²) in [6.07, 6.45) is 6.02. The number of halogens is 2. The van der Waals surface area contributed by atoms with Crippen LogP contribution in [0.5, 0.6) is 0 Å². The molecular formula is C13H10Cl2N2O3. The van der Waals surface area contributed by atoms with Crippen LogP contribution in [0.2, 0.25) is 0 Å². The van der Waals surface area contributed by atoms with Gasteiger partial charge in [0.2, 0.25) is 0 Å². The number of hydrogen-bond donors (Lipinski definition) is 0. The normalized spacial score (nSPS) is 9.10. The molecule has 7 heteroatoms.